The van der Waals surface area contributed by atoms with E-state index in [1.165, 1.54) is 53.1 Å². The molecule has 2 aromatic carbocycles. The molecule has 13 N–H and O–H groups in total. The summed E-state index contributed by atoms with van der Waals surface area (Å²) in [5, 5.41) is 28.6. The van der Waals surface area contributed by atoms with Crippen LogP contribution >= 0.6 is 27.5 Å². The molecule has 0 unspecified atom stereocenters. The average Bonchev–Trinajstić information content (AvgIpc) is 1.62. The Balaban J connectivity index is 0.000000189. The number of esters is 1. The minimum absolute atomic E-state index is 0.0372. The molecule has 2 saturated heterocycles. The number of benzene rings is 2. The summed E-state index contributed by atoms with van der Waals surface area (Å²) in [6.07, 6.45) is 11.3. The molecule has 564 valence electrons. The first-order chi connectivity index (χ1) is 51.1. The quantitative estimate of drug-likeness (QED) is 0.0192. The van der Waals surface area contributed by atoms with Crippen molar-refractivity contribution in [3.63, 3.8) is 0 Å². The first-order valence-corrected chi connectivity index (χ1v) is 33.8. The topological polar surface area (TPSA) is 418 Å². The molecule has 10 aromatic rings. The maximum absolute atomic E-state index is 15.0. The number of para-hydroxylation sites is 2. The van der Waals surface area contributed by atoms with Crippen molar-refractivity contribution in [3.8, 4) is 45.5 Å². The Morgan fingerprint density at radius 3 is 1.49 bits per heavy atom. The van der Waals surface area contributed by atoms with E-state index >= 15 is 4.39 Å². The Hall–Kier alpha value is -10.6. The molecule has 2 amide bonds. The Morgan fingerprint density at radius 1 is 0.575 bits per heavy atom. The normalized spacial score (nSPS) is 13.7. The lowest BCUT2D eigenvalue weighted by Crippen LogP contribution is -2.54. The number of nitrogens with two attached hydrogens (primary N) is 3. The number of nitrogen functional groups attached to an aromatic ring is 3. The van der Waals surface area contributed by atoms with Gasteiger partial charge in [-0.2, -0.15) is 0 Å². The molecule has 0 saturated carbocycles. The van der Waals surface area contributed by atoms with Crippen molar-refractivity contribution in [2.75, 3.05) is 163 Å². The molecule has 32 nitrogen and oxygen atoms in total. The number of aliphatic hydroxyl groups is 2. The van der Waals surface area contributed by atoms with Crippen molar-refractivity contribution in [3.05, 3.63) is 149 Å². The van der Waals surface area contributed by atoms with Crippen LogP contribution < -0.4 is 52.1 Å². The molecular weight excluding hydrogens is 1470 g/mol. The van der Waals surface area contributed by atoms with Crippen LogP contribution in [0.5, 0.6) is 23.0 Å². The highest BCUT2D eigenvalue weighted by atomic mass is 79.9. The van der Waals surface area contributed by atoms with Gasteiger partial charge in [0.25, 0.3) is 0 Å². The second-order valence-corrected chi connectivity index (χ2v) is 24.6. The van der Waals surface area contributed by atoms with Crippen LogP contribution in [-0.4, -0.2) is 239 Å². The van der Waals surface area contributed by atoms with Crippen LogP contribution in [0.2, 0.25) is 5.28 Å². The average molecular weight is 1550 g/mol. The van der Waals surface area contributed by atoms with Crippen LogP contribution in [0.4, 0.5) is 48.9 Å². The van der Waals surface area contributed by atoms with E-state index in [9.17, 15) is 23.9 Å². The van der Waals surface area contributed by atoms with E-state index in [1.807, 2.05) is 12.1 Å². The maximum atomic E-state index is 15.0. The zero-order chi connectivity index (χ0) is 76.6. The number of H-pyrrole nitrogens is 2. The highest BCUT2D eigenvalue weighted by Gasteiger charge is 2.31. The number of piperazine rings is 2. The van der Waals surface area contributed by atoms with Crippen molar-refractivity contribution in [1.29, 1.82) is 0 Å². The minimum atomic E-state index is -0.604. The Labute approximate surface area is 622 Å². The number of aliphatic hydroxyl groups excluding tert-OH is 2. The second-order valence-electron chi connectivity index (χ2n) is 23.5. The zero-order valence-corrected chi connectivity index (χ0v) is 62.0. The van der Waals surface area contributed by atoms with Gasteiger partial charge in [0.1, 0.15) is 51.0 Å². The van der Waals surface area contributed by atoms with Crippen LogP contribution in [0.1, 0.15) is 21.9 Å². The van der Waals surface area contributed by atoms with E-state index in [1.54, 1.807) is 82.4 Å². The molecule has 0 bridgehead atoms. The third kappa shape index (κ3) is 21.3. The predicted octanol–water partition coefficient (Wildman–Crippen LogP) is 7.28. The van der Waals surface area contributed by atoms with Gasteiger partial charge in [0.2, 0.25) is 23.0 Å². The molecule has 8 aromatic heterocycles. The van der Waals surface area contributed by atoms with Crippen LogP contribution in [0, 0.1) is 11.6 Å². The molecule has 0 aliphatic carbocycles. The van der Waals surface area contributed by atoms with E-state index in [2.05, 4.69) is 120 Å². The van der Waals surface area contributed by atoms with Gasteiger partial charge in [0.15, 0.2) is 28.8 Å². The van der Waals surface area contributed by atoms with Crippen molar-refractivity contribution < 1.29 is 66.5 Å². The number of aromatic nitrogens is 10. The highest BCUT2D eigenvalue weighted by molar-refractivity contribution is 9.10. The van der Waals surface area contributed by atoms with E-state index in [4.69, 9.17) is 62.3 Å². The van der Waals surface area contributed by atoms with Crippen molar-refractivity contribution in [1.82, 2.24) is 69.4 Å². The maximum Gasteiger partial charge on any atom is 0.360 e. The summed E-state index contributed by atoms with van der Waals surface area (Å²) in [5.41, 5.74) is 23.1. The number of nitrogens with zero attached hydrogens (tertiary/aromatic N) is 12. The summed E-state index contributed by atoms with van der Waals surface area (Å²) in [6, 6.07) is 16.5. The van der Waals surface area contributed by atoms with Crippen molar-refractivity contribution in [2.24, 2.45) is 0 Å². The lowest BCUT2D eigenvalue weighted by atomic mass is 10.1. The fraction of sp³-hybridized carbons (Fsp3) is 0.329. The number of fused-ring (bicyclic) bond motifs is 2. The summed E-state index contributed by atoms with van der Waals surface area (Å²) in [7, 11) is 14.6. The van der Waals surface area contributed by atoms with Crippen molar-refractivity contribution in [2.45, 2.75) is 25.3 Å². The molecular formula is C70H84BrClF2N20O12. The summed E-state index contributed by atoms with van der Waals surface area (Å²) in [4.78, 5) is 84.6. The first-order valence-electron chi connectivity index (χ1n) is 32.6. The number of halogens is 4. The van der Waals surface area contributed by atoms with Gasteiger partial charge in [0.05, 0.1) is 144 Å². The number of ether oxygens (including phenoxy) is 7. The first kappa shape index (κ1) is 81.1. The molecule has 106 heavy (non-hydrogen) atoms. The van der Waals surface area contributed by atoms with Gasteiger partial charge in [-0.3, -0.25) is 29.4 Å². The van der Waals surface area contributed by atoms with E-state index in [0.717, 1.165) is 64.8 Å². The summed E-state index contributed by atoms with van der Waals surface area (Å²) >= 11 is 9.06. The van der Waals surface area contributed by atoms with Gasteiger partial charge < -0.3 is 96.3 Å². The fourth-order valence-corrected chi connectivity index (χ4v) is 11.5. The number of methoxy groups -OCH3 is 7. The van der Waals surface area contributed by atoms with Gasteiger partial charge >= 0.3 is 5.97 Å². The lowest BCUT2D eigenvalue weighted by molar-refractivity contribution is -0.124. The Kier molecular flexibility index (Phi) is 30.2. The number of rotatable bonds is 21. The summed E-state index contributed by atoms with van der Waals surface area (Å²) < 4.78 is 65.2. The monoisotopic (exact) mass is 1550 g/mol. The van der Waals surface area contributed by atoms with Gasteiger partial charge in [-0.15, -0.1) is 0 Å². The standard InChI is InChI=1S/C28H33FN8O4.C21H24ClFN6O2.C8H10N2O3.C7H10N2O2.C6H7BrN2O/c1-36-7-9-37(10-8-36)23(16-40-2)27(39)34-21-6-4-5-18-19(13-31-26(18)21)25-20(29)14-32-28(35-25)33-17-11-24(41-3)22(15-38)30-12-17;1-28-6-8-29(9-7-28)17(12-31-2)20(30)26-16-5-3-4-13-14(10-24-19(13)16)18-15(23)11-25-21(22)27-18;1-12-6-3-5(9)4-10-7(6)8(11)13-2;1-11-7-2-5(8)3-9-6(7)4-10;1-10-5-2-4(8)3-9-6(5)7/h4-6,11-14,23,31,38H,7-10,15-16H2,1-3H3,(H,34,39)(H,32,33,35);3-5,10-11,17,24H,6-9,12H2,1-2H3,(H,26,30);3-4H,9H2,1-2H3;2-3,10H,4,8H2,1H3;2-3H,8H2,1H3/t23-;17-;;;/m11.../s1. The molecule has 12 rings (SSSR count). The number of anilines is 7. The Bertz CT molecular complexity index is 4590. The largest absolute Gasteiger partial charge is 0.495 e. The summed E-state index contributed by atoms with van der Waals surface area (Å²) in [5.74, 6) is -0.0114. The molecule has 0 radical (unpaired) electrons. The number of hydrogen-bond donors (Lipinski definition) is 10. The van der Waals surface area contributed by atoms with Crippen LogP contribution in [-0.2, 0) is 37.0 Å². The van der Waals surface area contributed by atoms with E-state index in [0.29, 0.717) is 113 Å². The SMILES string of the molecule is COC(=O)c1ncc(N)cc1OC.COC[C@H](C(=O)Nc1cccc2c(-c3nc(Cl)ncc3F)c[nH]c12)N1CCN(C)CC1.COC[C@H](C(=O)Nc1cccc2c(-c3nc(Nc4cnc(CO)c(OC)c4)ncc3F)c[nH]c12)N1CCN(C)CC1.COc1cc(N)cnc1Br.COc1cc(N)cnc1CO. The van der Waals surface area contributed by atoms with E-state index in [-0.39, 0.29) is 59.9 Å². The van der Waals surface area contributed by atoms with Gasteiger partial charge in [-0.05, 0) is 53.8 Å². The molecule has 0 spiro atoms. The number of amides is 2. The zero-order valence-electron chi connectivity index (χ0n) is 59.6. The molecule has 36 heteroatoms. The van der Waals surface area contributed by atoms with Gasteiger partial charge in [0, 0.05) is 125 Å². The summed E-state index contributed by atoms with van der Waals surface area (Å²) in [6.45, 7) is 6.84. The number of aromatic amines is 2. The second kappa shape index (κ2) is 39.5. The number of pyridine rings is 4. The molecule has 2 fully saturated rings. The van der Waals surface area contributed by atoms with Crippen molar-refractivity contribution >= 4 is 107 Å². The highest BCUT2D eigenvalue weighted by Crippen LogP contribution is 2.36. The number of carbonyl (C=O) groups is 3. The van der Waals surface area contributed by atoms with E-state index < -0.39 is 29.7 Å². The number of hydrogen-bond acceptors (Lipinski definition) is 28. The molecule has 2 atom stereocenters. The number of nitrogens with one attached hydrogen (secondary N) is 5. The molecule has 2 aliphatic rings. The Morgan fingerprint density at radius 2 is 1.02 bits per heavy atom. The third-order valence-electron chi connectivity index (χ3n) is 16.5. The predicted molar refractivity (Wildman–Crippen MR) is 401 cm³/mol. The fourth-order valence-electron chi connectivity index (χ4n) is 11.0. The third-order valence-corrected chi connectivity index (χ3v) is 17.3. The molecule has 2 aliphatic heterocycles. The van der Waals surface area contributed by atoms with Crippen LogP contribution in [0.3, 0.4) is 0 Å². The molecule has 10 heterocycles. The number of carbonyl (C=O) groups excluding carboxylic acids is 3. The van der Waals surface area contributed by atoms with Gasteiger partial charge in [-0.25, -0.2) is 43.5 Å². The lowest BCUT2D eigenvalue weighted by Gasteiger charge is -2.36. The van der Waals surface area contributed by atoms with Crippen LogP contribution in [0.25, 0.3) is 44.3 Å². The minimum Gasteiger partial charge on any atom is -0.495 e. The number of likely N-dealkylation sites (N-methyl/N-ethyl adjacent to an activating group) is 2. The van der Waals surface area contributed by atoms with Crippen LogP contribution in [0.15, 0.2) is 115 Å². The van der Waals surface area contributed by atoms with Gasteiger partial charge in [-0.1, -0.05) is 24.3 Å². The smallest absolute Gasteiger partial charge is 0.360 e.